The predicted octanol–water partition coefficient (Wildman–Crippen LogP) is 2.80. The summed E-state index contributed by atoms with van der Waals surface area (Å²) in [6.07, 6.45) is 0. The maximum absolute atomic E-state index is 14.2. The first-order valence-corrected chi connectivity index (χ1v) is 7.65. The van der Waals surface area contributed by atoms with E-state index in [1.807, 2.05) is 6.07 Å². The maximum atomic E-state index is 14.2. The summed E-state index contributed by atoms with van der Waals surface area (Å²) in [6.45, 7) is 1.40. The normalized spacial score (nSPS) is 11.8. The van der Waals surface area contributed by atoms with Crippen LogP contribution in [0.15, 0.2) is 59.1 Å². The number of aryl methyl sites for hydroxylation is 1. The molecule has 1 aromatic heterocycles. The van der Waals surface area contributed by atoms with Crippen LogP contribution in [0.1, 0.15) is 23.3 Å². The van der Waals surface area contributed by atoms with Crippen molar-refractivity contribution < 1.29 is 18.4 Å². The van der Waals surface area contributed by atoms with Gasteiger partial charge < -0.3 is 14.6 Å². The van der Waals surface area contributed by atoms with E-state index in [9.17, 15) is 9.18 Å². The zero-order chi connectivity index (χ0) is 17.6. The molecular weight excluding hydrogens is 325 g/mol. The quantitative estimate of drug-likeness (QED) is 0.746. The summed E-state index contributed by atoms with van der Waals surface area (Å²) in [5.41, 5.74) is 0.247. The number of nitrogens with one attached hydrogen (secondary N) is 1. The van der Waals surface area contributed by atoms with E-state index < -0.39 is 17.8 Å². The Kier molecular flexibility index (Phi) is 5.03. The highest BCUT2D eigenvalue weighted by Crippen LogP contribution is 2.22. The third-order valence-corrected chi connectivity index (χ3v) is 3.44. The summed E-state index contributed by atoms with van der Waals surface area (Å²) >= 11 is 0. The fourth-order valence-electron chi connectivity index (χ4n) is 2.29. The van der Waals surface area contributed by atoms with Gasteiger partial charge in [-0.3, -0.25) is 4.79 Å². The van der Waals surface area contributed by atoms with Gasteiger partial charge in [-0.1, -0.05) is 41.6 Å². The lowest BCUT2D eigenvalue weighted by Crippen LogP contribution is -2.34. The fourth-order valence-corrected chi connectivity index (χ4v) is 2.29. The zero-order valence-corrected chi connectivity index (χ0v) is 13.5. The summed E-state index contributed by atoms with van der Waals surface area (Å²) in [5, 5.41) is 6.48. The minimum absolute atomic E-state index is 0.177. The van der Waals surface area contributed by atoms with Gasteiger partial charge in [0.2, 0.25) is 5.89 Å². The largest absolute Gasteiger partial charge is 0.484 e. The van der Waals surface area contributed by atoms with Gasteiger partial charge in [0.05, 0.1) is 0 Å². The fraction of sp³-hybridized carbons (Fsp3) is 0.167. The lowest BCUT2D eigenvalue weighted by Gasteiger charge is -2.16. The first kappa shape index (κ1) is 16.6. The van der Waals surface area contributed by atoms with Gasteiger partial charge >= 0.3 is 0 Å². The van der Waals surface area contributed by atoms with E-state index in [2.05, 4.69) is 15.5 Å². The Morgan fingerprint density at radius 1 is 1.20 bits per heavy atom. The molecule has 1 heterocycles. The highest BCUT2D eigenvalue weighted by molar-refractivity contribution is 5.78. The molecule has 0 spiro atoms. The number of hydrogen-bond acceptors (Lipinski definition) is 5. The van der Waals surface area contributed by atoms with E-state index in [0.29, 0.717) is 11.6 Å². The number of carbonyl (C=O) groups excluding carboxylic acids is 1. The van der Waals surface area contributed by atoms with Crippen molar-refractivity contribution in [1.29, 1.82) is 0 Å². The average molecular weight is 341 g/mol. The maximum Gasteiger partial charge on any atom is 0.258 e. The molecule has 7 heteroatoms. The second-order valence-corrected chi connectivity index (χ2v) is 5.30. The highest BCUT2D eigenvalue weighted by Gasteiger charge is 2.24. The minimum atomic E-state index is -0.870. The van der Waals surface area contributed by atoms with E-state index >= 15 is 0 Å². The molecule has 0 fully saturated rings. The first-order chi connectivity index (χ1) is 12.1. The third kappa shape index (κ3) is 4.20. The molecule has 0 saturated carbocycles. The number of ether oxygens (including phenoxy) is 1. The number of para-hydroxylation sites is 1. The minimum Gasteiger partial charge on any atom is -0.484 e. The van der Waals surface area contributed by atoms with Crippen LogP contribution in [0.5, 0.6) is 5.75 Å². The summed E-state index contributed by atoms with van der Waals surface area (Å²) in [7, 11) is 0. The number of benzene rings is 2. The van der Waals surface area contributed by atoms with Gasteiger partial charge in [-0.05, 0) is 18.2 Å². The Morgan fingerprint density at radius 2 is 1.92 bits per heavy atom. The van der Waals surface area contributed by atoms with Crippen LogP contribution in [0.3, 0.4) is 0 Å². The molecule has 1 atom stereocenters. The summed E-state index contributed by atoms with van der Waals surface area (Å²) in [5.74, 6) is 0.163. The molecule has 3 rings (SSSR count). The smallest absolute Gasteiger partial charge is 0.258 e. The van der Waals surface area contributed by atoms with Crippen molar-refractivity contribution in [3.8, 4) is 5.75 Å². The number of hydrogen-bond donors (Lipinski definition) is 1. The van der Waals surface area contributed by atoms with E-state index in [4.69, 9.17) is 9.26 Å². The van der Waals surface area contributed by atoms with Crippen LogP contribution in [0, 0.1) is 12.7 Å². The lowest BCUT2D eigenvalue weighted by atomic mass is 10.1. The molecular formula is C18H16FN3O3. The zero-order valence-electron chi connectivity index (χ0n) is 13.5. The molecule has 6 nitrogen and oxygen atoms in total. The van der Waals surface area contributed by atoms with Crippen LogP contribution >= 0.6 is 0 Å². The summed E-state index contributed by atoms with van der Waals surface area (Å²) in [6, 6.07) is 14.2. The van der Waals surface area contributed by atoms with E-state index in [0.717, 1.165) is 0 Å². The number of halogens is 1. The molecule has 1 N–H and O–H groups in total. The van der Waals surface area contributed by atoms with Crippen molar-refractivity contribution in [3.05, 3.63) is 77.7 Å². The van der Waals surface area contributed by atoms with Gasteiger partial charge in [-0.2, -0.15) is 4.98 Å². The molecule has 3 aromatic rings. The van der Waals surface area contributed by atoms with Crippen molar-refractivity contribution in [2.75, 3.05) is 6.61 Å². The Morgan fingerprint density at radius 3 is 2.60 bits per heavy atom. The Labute approximate surface area is 143 Å². The number of amides is 1. The highest BCUT2D eigenvalue weighted by atomic mass is 19.1. The van der Waals surface area contributed by atoms with Crippen molar-refractivity contribution in [2.45, 2.75) is 13.0 Å². The Hall–Kier alpha value is -3.22. The number of nitrogens with zero attached hydrogens (tertiary/aromatic N) is 2. The number of rotatable bonds is 6. The molecule has 2 aromatic carbocycles. The van der Waals surface area contributed by atoms with E-state index in [1.165, 1.54) is 6.07 Å². The van der Waals surface area contributed by atoms with Crippen molar-refractivity contribution in [2.24, 2.45) is 0 Å². The van der Waals surface area contributed by atoms with Crippen LogP contribution in [0.2, 0.25) is 0 Å². The molecule has 0 aliphatic carbocycles. The van der Waals surface area contributed by atoms with Gasteiger partial charge in [0.1, 0.15) is 17.6 Å². The van der Waals surface area contributed by atoms with Crippen molar-refractivity contribution in [3.63, 3.8) is 0 Å². The van der Waals surface area contributed by atoms with Crippen LogP contribution in [0.4, 0.5) is 4.39 Å². The number of aromatic nitrogens is 2. The lowest BCUT2D eigenvalue weighted by molar-refractivity contribution is -0.123. The standard InChI is InChI=1S/C18H16FN3O3/c1-12-20-18(22-25-12)17(14-9-5-6-10-15(14)19)21-16(23)11-24-13-7-3-2-4-8-13/h2-10,17H,11H2,1H3,(H,21,23)/t17-/m1/s1. The van der Waals surface area contributed by atoms with Gasteiger partial charge in [0, 0.05) is 12.5 Å². The van der Waals surface area contributed by atoms with Gasteiger partial charge in [-0.15, -0.1) is 0 Å². The Balaban J connectivity index is 1.76. The first-order valence-electron chi connectivity index (χ1n) is 7.65. The van der Waals surface area contributed by atoms with Gasteiger partial charge in [0.15, 0.2) is 12.4 Å². The van der Waals surface area contributed by atoms with Gasteiger partial charge in [0.25, 0.3) is 5.91 Å². The SMILES string of the molecule is Cc1nc([C@H](NC(=O)COc2ccccc2)c2ccccc2F)no1. The van der Waals surface area contributed by atoms with E-state index in [1.54, 1.807) is 49.4 Å². The molecule has 0 bridgehead atoms. The third-order valence-electron chi connectivity index (χ3n) is 3.44. The number of carbonyl (C=O) groups is 1. The second kappa shape index (κ2) is 7.57. The molecule has 0 radical (unpaired) electrons. The molecule has 128 valence electrons. The van der Waals surface area contributed by atoms with Crippen LogP contribution < -0.4 is 10.1 Å². The average Bonchev–Trinajstić information content (AvgIpc) is 3.06. The second-order valence-electron chi connectivity index (χ2n) is 5.30. The van der Waals surface area contributed by atoms with E-state index in [-0.39, 0.29) is 18.0 Å². The van der Waals surface area contributed by atoms with Crippen molar-refractivity contribution in [1.82, 2.24) is 15.5 Å². The summed E-state index contributed by atoms with van der Waals surface area (Å²) < 4.78 is 24.5. The van der Waals surface area contributed by atoms with Crippen LogP contribution in [-0.4, -0.2) is 22.7 Å². The van der Waals surface area contributed by atoms with Crippen LogP contribution in [-0.2, 0) is 4.79 Å². The molecule has 0 saturated heterocycles. The molecule has 25 heavy (non-hydrogen) atoms. The summed E-state index contributed by atoms with van der Waals surface area (Å²) in [4.78, 5) is 16.3. The van der Waals surface area contributed by atoms with Gasteiger partial charge in [-0.25, -0.2) is 4.39 Å². The Bertz CT molecular complexity index is 852. The molecule has 0 aliphatic rings. The molecule has 0 unspecified atom stereocenters. The predicted molar refractivity (Wildman–Crippen MR) is 87.4 cm³/mol. The monoisotopic (exact) mass is 341 g/mol. The molecule has 1 amide bonds. The molecule has 0 aliphatic heterocycles. The van der Waals surface area contributed by atoms with Crippen LogP contribution in [0.25, 0.3) is 0 Å². The topological polar surface area (TPSA) is 77.2 Å². The van der Waals surface area contributed by atoms with Crippen molar-refractivity contribution >= 4 is 5.91 Å².